The molecule has 0 saturated heterocycles. The molecule has 1 aromatic rings. The molecule has 0 aromatic carbocycles. The van der Waals surface area contributed by atoms with Crippen molar-refractivity contribution < 1.29 is 14.3 Å². The minimum atomic E-state index is -0.508. The summed E-state index contributed by atoms with van der Waals surface area (Å²) in [5, 5.41) is 5.21. The van der Waals surface area contributed by atoms with Crippen LogP contribution in [0.1, 0.15) is 36.1 Å². The van der Waals surface area contributed by atoms with Crippen molar-refractivity contribution in [3.63, 3.8) is 0 Å². The Balaban J connectivity index is 2.59. The summed E-state index contributed by atoms with van der Waals surface area (Å²) in [6.45, 7) is 4.47. The fourth-order valence-electron chi connectivity index (χ4n) is 1.42. The number of ether oxygens (including phenoxy) is 1. The van der Waals surface area contributed by atoms with Crippen LogP contribution in [0.25, 0.3) is 0 Å². The standard InChI is InChI=1S/C13H19ClN4O3/c1-8(2)12-16-6-9(14)11(18-12)13(20)17-7-10(19)15-4-5-21-3/h6,8H,4-5,7H2,1-3H3,(H,15,19)(H,17,20). The monoisotopic (exact) mass is 314 g/mol. The van der Waals surface area contributed by atoms with E-state index in [-0.39, 0.29) is 29.1 Å². The van der Waals surface area contributed by atoms with Crippen LogP contribution in [0.15, 0.2) is 6.20 Å². The number of nitrogens with one attached hydrogen (secondary N) is 2. The number of halogens is 1. The zero-order chi connectivity index (χ0) is 15.8. The molecule has 0 aliphatic rings. The van der Waals surface area contributed by atoms with Gasteiger partial charge in [-0.3, -0.25) is 9.59 Å². The molecule has 2 amide bonds. The van der Waals surface area contributed by atoms with E-state index in [2.05, 4.69) is 20.6 Å². The largest absolute Gasteiger partial charge is 0.383 e. The van der Waals surface area contributed by atoms with Crippen LogP contribution in [0.4, 0.5) is 0 Å². The summed E-state index contributed by atoms with van der Waals surface area (Å²) < 4.78 is 4.80. The molecular formula is C13H19ClN4O3. The molecule has 116 valence electrons. The first-order chi connectivity index (χ1) is 9.95. The van der Waals surface area contributed by atoms with Crippen LogP contribution in [0.2, 0.25) is 5.02 Å². The zero-order valence-electron chi connectivity index (χ0n) is 12.3. The second-order valence-electron chi connectivity index (χ2n) is 4.60. The van der Waals surface area contributed by atoms with Crippen LogP contribution >= 0.6 is 11.6 Å². The van der Waals surface area contributed by atoms with Gasteiger partial charge in [-0.2, -0.15) is 0 Å². The highest BCUT2D eigenvalue weighted by Gasteiger charge is 2.16. The third-order valence-electron chi connectivity index (χ3n) is 2.53. The highest BCUT2D eigenvalue weighted by atomic mass is 35.5. The Bertz CT molecular complexity index is 508. The quantitative estimate of drug-likeness (QED) is 0.724. The fraction of sp³-hybridized carbons (Fsp3) is 0.538. The van der Waals surface area contributed by atoms with Gasteiger partial charge in [0, 0.05) is 19.6 Å². The topological polar surface area (TPSA) is 93.2 Å². The predicted molar refractivity (Wildman–Crippen MR) is 78.3 cm³/mol. The molecule has 1 aromatic heterocycles. The van der Waals surface area contributed by atoms with Gasteiger partial charge in [0.1, 0.15) is 11.5 Å². The highest BCUT2D eigenvalue weighted by Crippen LogP contribution is 2.16. The van der Waals surface area contributed by atoms with Crippen LogP contribution in [-0.2, 0) is 9.53 Å². The number of amides is 2. The maximum atomic E-state index is 12.0. The number of hydrogen-bond donors (Lipinski definition) is 2. The smallest absolute Gasteiger partial charge is 0.272 e. The van der Waals surface area contributed by atoms with Crippen molar-refractivity contribution in [3.8, 4) is 0 Å². The molecule has 0 bridgehead atoms. The SMILES string of the molecule is COCCNC(=O)CNC(=O)c1nc(C(C)C)ncc1Cl. The molecule has 0 radical (unpaired) electrons. The maximum absolute atomic E-state index is 12.0. The number of rotatable bonds is 7. The highest BCUT2D eigenvalue weighted by molar-refractivity contribution is 6.33. The third kappa shape index (κ3) is 5.65. The molecule has 7 nitrogen and oxygen atoms in total. The summed E-state index contributed by atoms with van der Waals surface area (Å²) >= 11 is 5.91. The molecule has 0 fully saturated rings. The average Bonchev–Trinajstić information content (AvgIpc) is 2.45. The average molecular weight is 315 g/mol. The molecule has 1 heterocycles. The van der Waals surface area contributed by atoms with E-state index in [0.29, 0.717) is 19.0 Å². The van der Waals surface area contributed by atoms with Crippen LogP contribution < -0.4 is 10.6 Å². The minimum absolute atomic E-state index is 0.0695. The molecular weight excluding hydrogens is 296 g/mol. The Morgan fingerprint density at radius 3 is 2.71 bits per heavy atom. The normalized spacial score (nSPS) is 10.5. The first-order valence-electron chi connectivity index (χ1n) is 6.52. The van der Waals surface area contributed by atoms with E-state index in [1.807, 2.05) is 13.8 Å². The molecule has 2 N–H and O–H groups in total. The first kappa shape index (κ1) is 17.3. The van der Waals surface area contributed by atoms with E-state index in [1.54, 1.807) is 0 Å². The van der Waals surface area contributed by atoms with Crippen LogP contribution in [0.3, 0.4) is 0 Å². The minimum Gasteiger partial charge on any atom is -0.383 e. The summed E-state index contributed by atoms with van der Waals surface area (Å²) in [7, 11) is 1.54. The van der Waals surface area contributed by atoms with E-state index in [9.17, 15) is 9.59 Å². The van der Waals surface area contributed by atoms with Gasteiger partial charge in [0.05, 0.1) is 24.4 Å². The first-order valence-corrected chi connectivity index (χ1v) is 6.89. The molecule has 21 heavy (non-hydrogen) atoms. The van der Waals surface area contributed by atoms with Gasteiger partial charge < -0.3 is 15.4 Å². The lowest BCUT2D eigenvalue weighted by Gasteiger charge is -2.09. The van der Waals surface area contributed by atoms with Gasteiger partial charge in [-0.1, -0.05) is 25.4 Å². The van der Waals surface area contributed by atoms with Crippen molar-refractivity contribution in [2.24, 2.45) is 0 Å². The summed E-state index contributed by atoms with van der Waals surface area (Å²) in [6.07, 6.45) is 1.39. The van der Waals surface area contributed by atoms with Crippen LogP contribution in [-0.4, -0.2) is 48.6 Å². The van der Waals surface area contributed by atoms with Gasteiger partial charge in [0.2, 0.25) is 5.91 Å². The lowest BCUT2D eigenvalue weighted by atomic mass is 10.2. The van der Waals surface area contributed by atoms with Crippen LogP contribution in [0.5, 0.6) is 0 Å². The molecule has 8 heteroatoms. The summed E-state index contributed by atoms with van der Waals surface area (Å²) in [6, 6.07) is 0. The number of methoxy groups -OCH3 is 1. The molecule has 0 atom stereocenters. The number of aromatic nitrogens is 2. The van der Waals surface area contributed by atoms with Gasteiger partial charge in [0.25, 0.3) is 5.91 Å². The zero-order valence-corrected chi connectivity index (χ0v) is 13.0. The Kier molecular flexibility index (Phi) is 7.04. The van der Waals surface area contributed by atoms with Crippen LogP contribution in [0, 0.1) is 0 Å². The van der Waals surface area contributed by atoms with Gasteiger partial charge >= 0.3 is 0 Å². The number of carbonyl (C=O) groups is 2. The van der Waals surface area contributed by atoms with Gasteiger partial charge in [-0.05, 0) is 0 Å². The molecule has 1 rings (SSSR count). The third-order valence-corrected chi connectivity index (χ3v) is 2.81. The number of nitrogens with zero attached hydrogens (tertiary/aromatic N) is 2. The van der Waals surface area contributed by atoms with Gasteiger partial charge in [0.15, 0.2) is 0 Å². The second-order valence-corrected chi connectivity index (χ2v) is 5.01. The maximum Gasteiger partial charge on any atom is 0.272 e. The number of carbonyl (C=O) groups excluding carboxylic acids is 2. The van der Waals surface area contributed by atoms with E-state index < -0.39 is 5.91 Å². The molecule has 0 spiro atoms. The van der Waals surface area contributed by atoms with Crippen molar-refractivity contribution >= 4 is 23.4 Å². The number of hydrogen-bond acceptors (Lipinski definition) is 5. The van der Waals surface area contributed by atoms with Crippen molar-refractivity contribution in [2.45, 2.75) is 19.8 Å². The van der Waals surface area contributed by atoms with Crippen molar-refractivity contribution in [2.75, 3.05) is 26.8 Å². The molecule has 0 unspecified atom stereocenters. The van der Waals surface area contributed by atoms with Gasteiger partial charge in [-0.25, -0.2) is 9.97 Å². The Morgan fingerprint density at radius 2 is 2.10 bits per heavy atom. The van der Waals surface area contributed by atoms with E-state index in [0.717, 1.165) is 0 Å². The van der Waals surface area contributed by atoms with Crippen molar-refractivity contribution in [1.82, 2.24) is 20.6 Å². The Labute approximate surface area is 128 Å². The Morgan fingerprint density at radius 1 is 1.38 bits per heavy atom. The fourth-order valence-corrected chi connectivity index (χ4v) is 1.59. The lowest BCUT2D eigenvalue weighted by molar-refractivity contribution is -0.120. The predicted octanol–water partition coefficient (Wildman–Crippen LogP) is 0.746. The Hall–Kier alpha value is -1.73. The van der Waals surface area contributed by atoms with Crippen molar-refractivity contribution in [1.29, 1.82) is 0 Å². The molecule has 0 aliphatic carbocycles. The van der Waals surface area contributed by atoms with E-state index in [1.165, 1.54) is 13.3 Å². The molecule has 0 aliphatic heterocycles. The summed E-state index contributed by atoms with van der Waals surface area (Å²) in [5.41, 5.74) is 0.0695. The lowest BCUT2D eigenvalue weighted by Crippen LogP contribution is -2.38. The van der Waals surface area contributed by atoms with E-state index in [4.69, 9.17) is 16.3 Å². The van der Waals surface area contributed by atoms with E-state index >= 15 is 0 Å². The summed E-state index contributed by atoms with van der Waals surface area (Å²) in [5.74, 6) is -0.221. The molecule has 0 saturated carbocycles. The summed E-state index contributed by atoms with van der Waals surface area (Å²) in [4.78, 5) is 31.6. The van der Waals surface area contributed by atoms with Crippen molar-refractivity contribution in [3.05, 3.63) is 22.7 Å². The van der Waals surface area contributed by atoms with Gasteiger partial charge in [-0.15, -0.1) is 0 Å². The second kappa shape index (κ2) is 8.53.